The van der Waals surface area contributed by atoms with Gasteiger partial charge in [-0.1, -0.05) is 0 Å². The highest BCUT2D eigenvalue weighted by atomic mass is 32.1. The van der Waals surface area contributed by atoms with Crippen LogP contribution in [0.5, 0.6) is 0 Å². The lowest BCUT2D eigenvalue weighted by Gasteiger charge is -2.12. The average Bonchev–Trinajstić information content (AvgIpc) is 3.54. The van der Waals surface area contributed by atoms with Crippen molar-refractivity contribution in [3.63, 3.8) is 0 Å². The number of benzene rings is 1. The van der Waals surface area contributed by atoms with Gasteiger partial charge >= 0.3 is 0 Å². The van der Waals surface area contributed by atoms with E-state index in [0.29, 0.717) is 18.4 Å². The maximum absolute atomic E-state index is 12.3. The molecule has 0 bridgehead atoms. The van der Waals surface area contributed by atoms with E-state index in [9.17, 15) is 10.1 Å². The van der Waals surface area contributed by atoms with E-state index in [1.165, 1.54) is 0 Å². The highest BCUT2D eigenvalue weighted by Gasteiger charge is 2.15. The zero-order chi connectivity index (χ0) is 21.4. The molecule has 1 aromatic carbocycles. The van der Waals surface area contributed by atoms with Gasteiger partial charge in [-0.15, -0.1) is 11.3 Å². The molecule has 7 heteroatoms. The van der Waals surface area contributed by atoms with Gasteiger partial charge in [-0.25, -0.2) is 4.98 Å². The monoisotopic (exact) mass is 425 g/mol. The highest BCUT2D eigenvalue weighted by Crippen LogP contribution is 2.36. The summed E-state index contributed by atoms with van der Waals surface area (Å²) in [6, 6.07) is 14.1. The molecule has 0 amide bonds. The summed E-state index contributed by atoms with van der Waals surface area (Å²) < 4.78 is 1.60. The molecular weight excluding hydrogens is 406 g/mol. The Morgan fingerprint density at radius 3 is 2.90 bits per heavy atom. The normalized spacial score (nSPS) is 11.1. The largest absolute Gasteiger partial charge is 0.361 e. The minimum absolute atomic E-state index is 0.0573. The van der Waals surface area contributed by atoms with Crippen molar-refractivity contribution < 1.29 is 4.79 Å². The van der Waals surface area contributed by atoms with Crippen LogP contribution >= 0.6 is 11.3 Å². The SMILES string of the molecule is Cc1c(Nc2c(C#N)cnc3sc(CCC(=O)n4cccc4)cc23)ccc2[nH]ccc12. The van der Waals surface area contributed by atoms with Gasteiger partial charge in [0.2, 0.25) is 5.91 Å². The van der Waals surface area contributed by atoms with Crippen molar-refractivity contribution in [2.45, 2.75) is 19.8 Å². The Kier molecular flexibility index (Phi) is 4.77. The van der Waals surface area contributed by atoms with Gasteiger partial charge in [-0.2, -0.15) is 5.26 Å². The van der Waals surface area contributed by atoms with Crippen molar-refractivity contribution >= 4 is 49.7 Å². The number of rotatable bonds is 5. The molecule has 0 spiro atoms. The quantitative estimate of drug-likeness (QED) is 0.374. The van der Waals surface area contributed by atoms with E-state index in [4.69, 9.17) is 0 Å². The summed E-state index contributed by atoms with van der Waals surface area (Å²) in [5.74, 6) is 0.0573. The summed E-state index contributed by atoms with van der Waals surface area (Å²) in [6.07, 6.45) is 8.11. The van der Waals surface area contributed by atoms with E-state index in [2.05, 4.69) is 28.3 Å². The number of nitrogens with one attached hydrogen (secondary N) is 2. The zero-order valence-corrected chi connectivity index (χ0v) is 17.7. The Balaban J connectivity index is 1.48. The van der Waals surface area contributed by atoms with E-state index in [-0.39, 0.29) is 5.91 Å². The molecule has 5 rings (SSSR count). The van der Waals surface area contributed by atoms with Crippen molar-refractivity contribution in [1.82, 2.24) is 14.5 Å². The standard InChI is InChI=1S/C24H19N5OS/c1-15-18-8-9-26-21(18)6-5-20(15)28-23-16(13-25)14-27-24-19(23)12-17(31-24)4-7-22(30)29-10-2-3-11-29/h2-3,5-6,8-12,14,26H,4,7H2,1H3,(H,27,28). The molecule has 0 saturated heterocycles. The fourth-order valence-electron chi connectivity index (χ4n) is 3.80. The molecular formula is C24H19N5OS. The molecule has 0 saturated carbocycles. The minimum atomic E-state index is 0.0573. The van der Waals surface area contributed by atoms with Crippen LogP contribution in [0.1, 0.15) is 27.2 Å². The molecule has 0 aliphatic heterocycles. The fraction of sp³-hybridized carbons (Fsp3) is 0.125. The van der Waals surface area contributed by atoms with E-state index >= 15 is 0 Å². The Bertz CT molecular complexity index is 1450. The zero-order valence-electron chi connectivity index (χ0n) is 16.8. The van der Waals surface area contributed by atoms with Crippen LogP contribution in [0.15, 0.2) is 61.2 Å². The smallest absolute Gasteiger partial charge is 0.230 e. The third kappa shape index (κ3) is 3.47. The number of hydrogen-bond donors (Lipinski definition) is 2. The molecule has 0 radical (unpaired) electrons. The number of H-pyrrole nitrogens is 1. The molecule has 0 fully saturated rings. The minimum Gasteiger partial charge on any atom is -0.361 e. The van der Waals surface area contributed by atoms with E-state index < -0.39 is 0 Å². The lowest BCUT2D eigenvalue weighted by Crippen LogP contribution is -2.08. The molecule has 152 valence electrons. The fourth-order valence-corrected chi connectivity index (χ4v) is 4.80. The third-order valence-corrected chi connectivity index (χ3v) is 6.58. The van der Waals surface area contributed by atoms with Crippen molar-refractivity contribution in [2.75, 3.05) is 5.32 Å². The Morgan fingerprint density at radius 1 is 1.26 bits per heavy atom. The molecule has 0 atom stereocenters. The first-order valence-corrected chi connectivity index (χ1v) is 10.8. The van der Waals surface area contributed by atoms with Crippen molar-refractivity contribution in [2.24, 2.45) is 0 Å². The summed E-state index contributed by atoms with van der Waals surface area (Å²) in [7, 11) is 0. The number of nitriles is 1. The lowest BCUT2D eigenvalue weighted by atomic mass is 10.1. The van der Waals surface area contributed by atoms with Gasteiger partial charge in [0, 0.05) is 58.1 Å². The molecule has 2 N–H and O–H groups in total. The van der Waals surface area contributed by atoms with Crippen LogP contribution in [0.4, 0.5) is 11.4 Å². The van der Waals surface area contributed by atoms with Crippen LogP contribution in [0.3, 0.4) is 0 Å². The van der Waals surface area contributed by atoms with E-state index in [1.807, 2.05) is 42.6 Å². The van der Waals surface area contributed by atoms with Gasteiger partial charge in [-0.05, 0) is 55.3 Å². The van der Waals surface area contributed by atoms with Gasteiger partial charge in [0.25, 0.3) is 0 Å². The number of fused-ring (bicyclic) bond motifs is 2. The second kappa shape index (κ2) is 7.74. The summed E-state index contributed by atoms with van der Waals surface area (Å²) in [6.45, 7) is 2.06. The van der Waals surface area contributed by atoms with Crippen LogP contribution in [0, 0.1) is 18.3 Å². The van der Waals surface area contributed by atoms with Crippen LogP contribution in [-0.2, 0) is 6.42 Å². The van der Waals surface area contributed by atoms with Gasteiger partial charge in [0.1, 0.15) is 10.9 Å². The predicted molar refractivity (Wildman–Crippen MR) is 124 cm³/mol. The molecule has 4 aromatic heterocycles. The first kappa shape index (κ1) is 19.1. The van der Waals surface area contributed by atoms with Gasteiger partial charge < -0.3 is 10.3 Å². The predicted octanol–water partition coefficient (Wildman–Crippen LogP) is 5.78. The van der Waals surface area contributed by atoms with E-state index in [1.54, 1.807) is 34.5 Å². The van der Waals surface area contributed by atoms with Crippen LogP contribution in [0.2, 0.25) is 0 Å². The lowest BCUT2D eigenvalue weighted by molar-refractivity contribution is 0.0903. The Labute approximate surface area is 182 Å². The second-order valence-corrected chi connectivity index (χ2v) is 8.49. The molecule has 0 unspecified atom stereocenters. The molecule has 31 heavy (non-hydrogen) atoms. The maximum Gasteiger partial charge on any atom is 0.230 e. The summed E-state index contributed by atoms with van der Waals surface area (Å²) in [5, 5.41) is 15.2. The molecule has 0 aliphatic rings. The van der Waals surface area contributed by atoms with Crippen LogP contribution in [-0.4, -0.2) is 20.4 Å². The van der Waals surface area contributed by atoms with Crippen molar-refractivity contribution in [3.8, 4) is 6.07 Å². The van der Waals surface area contributed by atoms with Crippen molar-refractivity contribution in [3.05, 3.63) is 77.2 Å². The summed E-state index contributed by atoms with van der Waals surface area (Å²) in [5.41, 5.74) is 4.39. The van der Waals surface area contributed by atoms with E-state index in [0.717, 1.165) is 42.9 Å². The average molecular weight is 426 g/mol. The highest BCUT2D eigenvalue weighted by molar-refractivity contribution is 7.18. The Morgan fingerprint density at radius 2 is 2.10 bits per heavy atom. The van der Waals surface area contributed by atoms with Gasteiger partial charge in [0.15, 0.2) is 0 Å². The van der Waals surface area contributed by atoms with Gasteiger partial charge in [0.05, 0.1) is 11.3 Å². The molecule has 4 heterocycles. The van der Waals surface area contributed by atoms with Crippen LogP contribution in [0.25, 0.3) is 21.1 Å². The molecule has 6 nitrogen and oxygen atoms in total. The molecule has 5 aromatic rings. The number of aromatic nitrogens is 3. The number of carbonyl (C=O) groups excluding carboxylic acids is 1. The first-order chi connectivity index (χ1) is 15.1. The number of thiophene rings is 1. The second-order valence-electron chi connectivity index (χ2n) is 7.38. The first-order valence-electron chi connectivity index (χ1n) is 9.95. The summed E-state index contributed by atoms with van der Waals surface area (Å²) in [4.78, 5) is 21.9. The maximum atomic E-state index is 12.3. The summed E-state index contributed by atoms with van der Waals surface area (Å²) >= 11 is 1.56. The number of anilines is 2. The Hall–Kier alpha value is -3.89. The van der Waals surface area contributed by atoms with Crippen molar-refractivity contribution in [1.29, 1.82) is 5.26 Å². The topological polar surface area (TPSA) is 86.5 Å². The number of aromatic amines is 1. The number of pyridine rings is 1. The van der Waals surface area contributed by atoms with Gasteiger partial charge in [-0.3, -0.25) is 9.36 Å². The third-order valence-electron chi connectivity index (χ3n) is 5.47. The van der Waals surface area contributed by atoms with Crippen LogP contribution < -0.4 is 5.32 Å². The number of aryl methyl sites for hydroxylation is 2. The molecule has 0 aliphatic carbocycles. The number of nitrogens with zero attached hydrogens (tertiary/aromatic N) is 3. The number of hydrogen-bond acceptors (Lipinski definition) is 5. The number of carbonyl (C=O) groups is 1.